The minimum Gasteiger partial charge on any atom is -0.397 e. The summed E-state index contributed by atoms with van der Waals surface area (Å²) in [7, 11) is 1.81. The number of rotatable bonds is 3. The SMILES string of the molecule is CO[SiH](OC)c1cc(C)cc(C)c1. The van der Waals surface area contributed by atoms with E-state index in [1.54, 1.807) is 14.2 Å². The van der Waals surface area contributed by atoms with Gasteiger partial charge in [0.2, 0.25) is 0 Å². The standard InChI is InChI=1S/C10H16O2Si/c1-8-5-9(2)7-10(6-8)13(11-3)12-4/h5-7,13H,1-4H3. The Kier molecular flexibility index (Phi) is 3.66. The maximum absolute atomic E-state index is 5.31. The third-order valence-electron chi connectivity index (χ3n) is 1.94. The Bertz CT molecular complexity index is 262. The number of aryl methyl sites for hydroxylation is 2. The van der Waals surface area contributed by atoms with E-state index in [0.717, 1.165) is 0 Å². The second-order valence-electron chi connectivity index (χ2n) is 3.22. The molecule has 0 spiro atoms. The van der Waals surface area contributed by atoms with Crippen molar-refractivity contribution in [1.29, 1.82) is 0 Å². The van der Waals surface area contributed by atoms with Crippen molar-refractivity contribution < 1.29 is 8.85 Å². The Hall–Kier alpha value is -0.643. The summed E-state index contributed by atoms with van der Waals surface area (Å²) in [6, 6.07) is 6.42. The lowest BCUT2D eigenvalue weighted by molar-refractivity contribution is 0.292. The highest BCUT2D eigenvalue weighted by Gasteiger charge is 2.13. The Morgan fingerprint density at radius 3 is 1.77 bits per heavy atom. The molecule has 13 heavy (non-hydrogen) atoms. The maximum Gasteiger partial charge on any atom is 0.355 e. The highest BCUT2D eigenvalue weighted by Crippen LogP contribution is 2.01. The van der Waals surface area contributed by atoms with E-state index >= 15 is 0 Å². The van der Waals surface area contributed by atoms with Crippen LogP contribution in [0.4, 0.5) is 0 Å². The lowest BCUT2D eigenvalue weighted by Gasteiger charge is -2.12. The lowest BCUT2D eigenvalue weighted by Crippen LogP contribution is -2.35. The maximum atomic E-state index is 5.31. The van der Waals surface area contributed by atoms with E-state index in [-0.39, 0.29) is 0 Å². The topological polar surface area (TPSA) is 18.5 Å². The number of benzene rings is 1. The third kappa shape index (κ3) is 2.65. The molecule has 0 bridgehead atoms. The van der Waals surface area contributed by atoms with Gasteiger partial charge in [-0.1, -0.05) is 29.3 Å². The number of hydrogen-bond donors (Lipinski definition) is 0. The molecule has 0 aliphatic carbocycles. The first-order valence-corrected chi connectivity index (χ1v) is 5.83. The van der Waals surface area contributed by atoms with Crippen LogP contribution in [-0.4, -0.2) is 23.5 Å². The molecule has 0 unspecified atom stereocenters. The zero-order chi connectivity index (χ0) is 9.84. The Labute approximate surface area is 81.3 Å². The molecule has 0 saturated carbocycles. The van der Waals surface area contributed by atoms with Crippen LogP contribution in [0, 0.1) is 13.8 Å². The van der Waals surface area contributed by atoms with Gasteiger partial charge in [0.15, 0.2) is 0 Å². The summed E-state index contributed by atoms with van der Waals surface area (Å²) in [4.78, 5) is 0. The highest BCUT2D eigenvalue weighted by atomic mass is 28.3. The summed E-state index contributed by atoms with van der Waals surface area (Å²) in [5.41, 5.74) is 2.53. The van der Waals surface area contributed by atoms with Crippen LogP contribution in [0.3, 0.4) is 0 Å². The van der Waals surface area contributed by atoms with E-state index in [1.807, 2.05) is 0 Å². The predicted molar refractivity (Wildman–Crippen MR) is 56.7 cm³/mol. The quantitative estimate of drug-likeness (QED) is 0.672. The van der Waals surface area contributed by atoms with Crippen molar-refractivity contribution in [1.82, 2.24) is 0 Å². The van der Waals surface area contributed by atoms with Crippen molar-refractivity contribution >= 4 is 14.5 Å². The fraction of sp³-hybridized carbons (Fsp3) is 0.400. The molecule has 0 heterocycles. The molecule has 72 valence electrons. The summed E-state index contributed by atoms with van der Waals surface area (Å²) in [6.07, 6.45) is 0. The van der Waals surface area contributed by atoms with Gasteiger partial charge < -0.3 is 8.85 Å². The Morgan fingerprint density at radius 1 is 0.923 bits per heavy atom. The molecule has 0 aliphatic heterocycles. The van der Waals surface area contributed by atoms with Crippen LogP contribution < -0.4 is 5.19 Å². The second kappa shape index (κ2) is 4.55. The van der Waals surface area contributed by atoms with Gasteiger partial charge in [0.1, 0.15) is 0 Å². The van der Waals surface area contributed by atoms with Crippen molar-refractivity contribution in [3.8, 4) is 0 Å². The average Bonchev–Trinajstić information content (AvgIpc) is 2.04. The molecule has 1 aromatic carbocycles. The Morgan fingerprint density at radius 2 is 1.38 bits per heavy atom. The fourth-order valence-electron chi connectivity index (χ4n) is 1.51. The summed E-state index contributed by atoms with van der Waals surface area (Å²) in [5, 5.41) is 1.21. The van der Waals surface area contributed by atoms with Gasteiger partial charge in [-0.3, -0.25) is 0 Å². The van der Waals surface area contributed by atoms with Crippen LogP contribution in [0.25, 0.3) is 0 Å². The Balaban J connectivity index is 2.99. The molecule has 1 aromatic rings. The average molecular weight is 196 g/mol. The largest absolute Gasteiger partial charge is 0.397 e. The first-order valence-electron chi connectivity index (χ1n) is 4.31. The highest BCUT2D eigenvalue weighted by molar-refractivity contribution is 6.61. The van der Waals surface area contributed by atoms with Gasteiger partial charge in [0.25, 0.3) is 0 Å². The van der Waals surface area contributed by atoms with Gasteiger partial charge in [0, 0.05) is 14.2 Å². The van der Waals surface area contributed by atoms with E-state index in [4.69, 9.17) is 8.85 Å². The van der Waals surface area contributed by atoms with Crippen LogP contribution in [0.2, 0.25) is 0 Å². The van der Waals surface area contributed by atoms with Gasteiger partial charge in [-0.2, -0.15) is 0 Å². The molecule has 1 rings (SSSR count). The third-order valence-corrected chi connectivity index (χ3v) is 3.68. The smallest absolute Gasteiger partial charge is 0.355 e. The van der Waals surface area contributed by atoms with Crippen molar-refractivity contribution in [3.63, 3.8) is 0 Å². The molecule has 3 heteroatoms. The van der Waals surface area contributed by atoms with Crippen molar-refractivity contribution in [2.75, 3.05) is 14.2 Å². The predicted octanol–water partition coefficient (Wildman–Crippen LogP) is 1.02. The fourth-order valence-corrected chi connectivity index (χ4v) is 3.05. The second-order valence-corrected chi connectivity index (χ2v) is 5.50. The molecular weight excluding hydrogens is 180 g/mol. The first-order chi connectivity index (χ1) is 6.17. The monoisotopic (exact) mass is 196 g/mol. The van der Waals surface area contributed by atoms with Gasteiger partial charge in [-0.05, 0) is 19.0 Å². The summed E-state index contributed by atoms with van der Waals surface area (Å²) in [5.74, 6) is 0. The van der Waals surface area contributed by atoms with Crippen LogP contribution >= 0.6 is 0 Å². The minimum absolute atomic E-state index is 1.21. The molecule has 0 fully saturated rings. The summed E-state index contributed by atoms with van der Waals surface area (Å²) >= 11 is 0. The van der Waals surface area contributed by atoms with E-state index in [0.29, 0.717) is 0 Å². The zero-order valence-electron chi connectivity index (χ0n) is 8.63. The molecule has 0 N–H and O–H groups in total. The van der Waals surface area contributed by atoms with Gasteiger partial charge >= 0.3 is 9.28 Å². The molecule has 0 radical (unpaired) electrons. The van der Waals surface area contributed by atoms with Gasteiger partial charge in [-0.25, -0.2) is 0 Å². The normalized spacial score (nSPS) is 10.8. The van der Waals surface area contributed by atoms with Crippen molar-refractivity contribution in [3.05, 3.63) is 29.3 Å². The zero-order valence-corrected chi connectivity index (χ0v) is 9.78. The van der Waals surface area contributed by atoms with Crippen molar-refractivity contribution in [2.45, 2.75) is 13.8 Å². The molecule has 0 amide bonds. The van der Waals surface area contributed by atoms with Crippen molar-refractivity contribution in [2.24, 2.45) is 0 Å². The summed E-state index contributed by atoms with van der Waals surface area (Å²) < 4.78 is 10.6. The van der Waals surface area contributed by atoms with E-state index in [2.05, 4.69) is 32.0 Å². The van der Waals surface area contributed by atoms with E-state index in [1.165, 1.54) is 16.3 Å². The van der Waals surface area contributed by atoms with Crippen LogP contribution in [0.5, 0.6) is 0 Å². The van der Waals surface area contributed by atoms with Crippen LogP contribution in [0.15, 0.2) is 18.2 Å². The summed E-state index contributed by atoms with van der Waals surface area (Å²) in [6.45, 7) is 4.18. The van der Waals surface area contributed by atoms with E-state index in [9.17, 15) is 0 Å². The lowest BCUT2D eigenvalue weighted by atomic mass is 10.2. The van der Waals surface area contributed by atoms with Gasteiger partial charge in [-0.15, -0.1) is 0 Å². The minimum atomic E-state index is -1.61. The van der Waals surface area contributed by atoms with E-state index < -0.39 is 9.28 Å². The molecular formula is C10H16O2Si. The molecule has 2 nitrogen and oxygen atoms in total. The number of hydrogen-bond acceptors (Lipinski definition) is 2. The van der Waals surface area contributed by atoms with Gasteiger partial charge in [0.05, 0.1) is 0 Å². The molecule has 0 atom stereocenters. The van der Waals surface area contributed by atoms with Crippen LogP contribution in [0.1, 0.15) is 11.1 Å². The first kappa shape index (κ1) is 10.4. The van der Waals surface area contributed by atoms with Crippen LogP contribution in [-0.2, 0) is 8.85 Å². The molecule has 0 aliphatic rings. The molecule has 0 saturated heterocycles. The molecule has 0 aromatic heterocycles.